The van der Waals surface area contributed by atoms with Gasteiger partial charge in [0.1, 0.15) is 0 Å². The van der Waals surface area contributed by atoms with Gasteiger partial charge in [-0.3, -0.25) is 9.36 Å². The molecule has 0 unspecified atom stereocenters. The molecule has 0 spiro atoms. The first-order chi connectivity index (χ1) is 10.3. The minimum Gasteiger partial charge on any atom is -0.377 e. The third-order valence-corrected chi connectivity index (χ3v) is 4.53. The van der Waals surface area contributed by atoms with Gasteiger partial charge in [-0.2, -0.15) is 10.2 Å². The molecule has 0 radical (unpaired) electrons. The van der Waals surface area contributed by atoms with Crippen LogP contribution in [0.5, 0.6) is 0 Å². The van der Waals surface area contributed by atoms with Crippen LogP contribution in [0.3, 0.4) is 0 Å². The van der Waals surface area contributed by atoms with Gasteiger partial charge in [0.05, 0.1) is 30.2 Å². The Kier molecular flexibility index (Phi) is 4.27. The number of nitrogens with one attached hydrogen (secondary N) is 1. The van der Waals surface area contributed by atoms with Crippen LogP contribution in [0.2, 0.25) is 0 Å². The monoisotopic (exact) mass is 287 g/mol. The van der Waals surface area contributed by atoms with Crippen molar-refractivity contribution in [2.75, 3.05) is 5.32 Å². The van der Waals surface area contributed by atoms with Gasteiger partial charge in [-0.1, -0.05) is 19.8 Å². The zero-order chi connectivity index (χ0) is 14.7. The summed E-state index contributed by atoms with van der Waals surface area (Å²) in [6.07, 6.45) is 12.2. The summed E-state index contributed by atoms with van der Waals surface area (Å²) in [6, 6.07) is 3.13. The van der Waals surface area contributed by atoms with Gasteiger partial charge in [0.2, 0.25) is 0 Å². The molecule has 0 aromatic carbocycles. The maximum atomic E-state index is 4.50. The van der Waals surface area contributed by atoms with Crippen LogP contribution in [0.25, 0.3) is 0 Å². The van der Waals surface area contributed by atoms with E-state index in [2.05, 4.69) is 51.0 Å². The second kappa shape index (κ2) is 6.33. The average Bonchev–Trinajstić information content (AvgIpc) is 3.23. The van der Waals surface area contributed by atoms with Gasteiger partial charge in [-0.15, -0.1) is 0 Å². The molecule has 2 aromatic rings. The Hall–Kier alpha value is -1.78. The molecule has 1 aliphatic rings. The molecule has 114 valence electrons. The van der Waals surface area contributed by atoms with Gasteiger partial charge >= 0.3 is 0 Å². The molecule has 0 bridgehead atoms. The summed E-state index contributed by atoms with van der Waals surface area (Å²) in [6.45, 7) is 5.19. The van der Waals surface area contributed by atoms with Crippen LogP contribution in [0.15, 0.2) is 24.7 Å². The van der Waals surface area contributed by atoms with E-state index in [0.29, 0.717) is 12.1 Å². The highest BCUT2D eigenvalue weighted by molar-refractivity contribution is 5.38. The van der Waals surface area contributed by atoms with Crippen LogP contribution in [0.4, 0.5) is 5.69 Å². The summed E-state index contributed by atoms with van der Waals surface area (Å²) in [7, 11) is 0. The second-order valence-corrected chi connectivity index (χ2v) is 6.03. The fraction of sp³-hybridized carbons (Fsp3) is 0.625. The Morgan fingerprint density at radius 1 is 1.33 bits per heavy atom. The van der Waals surface area contributed by atoms with Gasteiger partial charge < -0.3 is 5.32 Å². The number of anilines is 1. The molecule has 1 N–H and O–H groups in total. The normalized spacial score (nSPS) is 17.2. The molecular formula is C16H25N5. The van der Waals surface area contributed by atoms with Gasteiger partial charge in [0.15, 0.2) is 0 Å². The highest BCUT2D eigenvalue weighted by Crippen LogP contribution is 2.29. The van der Waals surface area contributed by atoms with Crippen LogP contribution in [0, 0.1) is 0 Å². The van der Waals surface area contributed by atoms with Crippen molar-refractivity contribution in [1.29, 1.82) is 0 Å². The van der Waals surface area contributed by atoms with E-state index in [1.807, 2.05) is 12.4 Å². The predicted molar refractivity (Wildman–Crippen MR) is 84.3 cm³/mol. The second-order valence-electron chi connectivity index (χ2n) is 6.03. The molecule has 5 heteroatoms. The van der Waals surface area contributed by atoms with E-state index in [9.17, 15) is 0 Å². The van der Waals surface area contributed by atoms with Crippen LogP contribution in [-0.2, 0) is 6.54 Å². The summed E-state index contributed by atoms with van der Waals surface area (Å²) in [5, 5.41) is 12.4. The maximum Gasteiger partial charge on any atom is 0.0729 e. The highest BCUT2D eigenvalue weighted by Gasteiger charge is 2.17. The van der Waals surface area contributed by atoms with Crippen molar-refractivity contribution in [2.24, 2.45) is 0 Å². The van der Waals surface area contributed by atoms with E-state index in [-0.39, 0.29) is 0 Å². The Bertz CT molecular complexity index is 565. The summed E-state index contributed by atoms with van der Waals surface area (Å²) in [4.78, 5) is 0. The summed E-state index contributed by atoms with van der Waals surface area (Å²) < 4.78 is 4.23. The number of nitrogens with zero attached hydrogens (tertiary/aromatic N) is 4. The van der Waals surface area contributed by atoms with Gasteiger partial charge in [0, 0.05) is 18.4 Å². The minimum atomic E-state index is 0.443. The third kappa shape index (κ3) is 3.12. The SMILES string of the molecule is CC[C@H](C)n1nccc1CNc1cnn(C2CCCC2)c1. The van der Waals surface area contributed by atoms with E-state index in [0.717, 1.165) is 18.7 Å². The highest BCUT2D eigenvalue weighted by atomic mass is 15.3. The Morgan fingerprint density at radius 3 is 2.90 bits per heavy atom. The van der Waals surface area contributed by atoms with Crippen LogP contribution in [0.1, 0.15) is 63.7 Å². The van der Waals surface area contributed by atoms with Crippen molar-refractivity contribution >= 4 is 5.69 Å². The molecule has 3 rings (SSSR count). The fourth-order valence-corrected chi connectivity index (χ4v) is 3.04. The van der Waals surface area contributed by atoms with Crippen LogP contribution < -0.4 is 5.32 Å². The lowest BCUT2D eigenvalue weighted by Crippen LogP contribution is -2.12. The molecular weight excluding hydrogens is 262 g/mol. The molecule has 2 aromatic heterocycles. The first kappa shape index (κ1) is 14.2. The molecule has 1 saturated carbocycles. The predicted octanol–water partition coefficient (Wildman–Crippen LogP) is 3.78. The molecule has 21 heavy (non-hydrogen) atoms. The lowest BCUT2D eigenvalue weighted by Gasteiger charge is -2.14. The lowest BCUT2D eigenvalue weighted by molar-refractivity contribution is 0.462. The molecule has 1 atom stereocenters. The van der Waals surface area contributed by atoms with E-state index >= 15 is 0 Å². The fourth-order valence-electron chi connectivity index (χ4n) is 3.04. The molecule has 2 heterocycles. The number of hydrogen-bond acceptors (Lipinski definition) is 3. The Labute approximate surface area is 126 Å². The lowest BCUT2D eigenvalue weighted by atomic mass is 10.2. The molecule has 1 fully saturated rings. The summed E-state index contributed by atoms with van der Waals surface area (Å²) >= 11 is 0. The maximum absolute atomic E-state index is 4.50. The Balaban J connectivity index is 1.61. The Morgan fingerprint density at radius 2 is 2.14 bits per heavy atom. The topological polar surface area (TPSA) is 47.7 Å². The standard InChI is InChI=1S/C16H25N5/c1-3-13(2)21-16(8-9-18-21)11-17-14-10-19-20(12-14)15-6-4-5-7-15/h8-10,12-13,15,17H,3-7,11H2,1-2H3/t13-/m0/s1. The van der Waals surface area contributed by atoms with E-state index in [4.69, 9.17) is 0 Å². The van der Waals surface area contributed by atoms with Gasteiger partial charge in [-0.25, -0.2) is 0 Å². The summed E-state index contributed by atoms with van der Waals surface area (Å²) in [5.41, 5.74) is 2.32. The van der Waals surface area contributed by atoms with Crippen molar-refractivity contribution < 1.29 is 0 Å². The zero-order valence-electron chi connectivity index (χ0n) is 13.0. The van der Waals surface area contributed by atoms with Crippen molar-refractivity contribution in [1.82, 2.24) is 19.6 Å². The first-order valence-corrected chi connectivity index (χ1v) is 8.08. The van der Waals surface area contributed by atoms with E-state index in [1.165, 1.54) is 31.4 Å². The van der Waals surface area contributed by atoms with Crippen molar-refractivity contribution in [2.45, 2.75) is 64.6 Å². The molecule has 0 saturated heterocycles. The number of hydrogen-bond donors (Lipinski definition) is 1. The minimum absolute atomic E-state index is 0.443. The molecule has 5 nitrogen and oxygen atoms in total. The van der Waals surface area contributed by atoms with Crippen LogP contribution in [-0.4, -0.2) is 19.6 Å². The smallest absolute Gasteiger partial charge is 0.0729 e. The zero-order valence-corrected chi connectivity index (χ0v) is 13.0. The van der Waals surface area contributed by atoms with E-state index in [1.54, 1.807) is 0 Å². The van der Waals surface area contributed by atoms with Crippen LogP contribution >= 0.6 is 0 Å². The van der Waals surface area contributed by atoms with E-state index < -0.39 is 0 Å². The average molecular weight is 287 g/mol. The van der Waals surface area contributed by atoms with Crippen molar-refractivity contribution in [3.05, 3.63) is 30.4 Å². The quantitative estimate of drug-likeness (QED) is 0.879. The third-order valence-electron chi connectivity index (χ3n) is 4.53. The van der Waals surface area contributed by atoms with Crippen molar-refractivity contribution in [3.63, 3.8) is 0 Å². The van der Waals surface area contributed by atoms with Gasteiger partial charge in [-0.05, 0) is 32.3 Å². The van der Waals surface area contributed by atoms with Crippen molar-refractivity contribution in [3.8, 4) is 0 Å². The molecule has 1 aliphatic carbocycles. The first-order valence-electron chi connectivity index (χ1n) is 8.08. The largest absolute Gasteiger partial charge is 0.377 e. The molecule has 0 amide bonds. The van der Waals surface area contributed by atoms with Gasteiger partial charge in [0.25, 0.3) is 0 Å². The number of aromatic nitrogens is 4. The summed E-state index contributed by atoms with van der Waals surface area (Å²) in [5.74, 6) is 0. The number of rotatable bonds is 6. The molecule has 0 aliphatic heterocycles.